The lowest BCUT2D eigenvalue weighted by Crippen LogP contribution is -2.09. The monoisotopic (exact) mass is 222 g/mol. The van der Waals surface area contributed by atoms with Crippen LogP contribution in [0.2, 0.25) is 0 Å². The van der Waals surface area contributed by atoms with Gasteiger partial charge in [0.25, 0.3) is 0 Å². The minimum Gasteiger partial charge on any atom is -0.462 e. The van der Waals surface area contributed by atoms with Gasteiger partial charge >= 0.3 is 5.97 Å². The van der Waals surface area contributed by atoms with Crippen LogP contribution in [0.4, 0.5) is 0 Å². The number of carbonyl (C=O) groups excluding carboxylic acids is 1. The highest BCUT2D eigenvalue weighted by Gasteiger charge is 2.07. The highest BCUT2D eigenvalue weighted by atomic mass is 31.0. The third kappa shape index (κ3) is 3.17. The fourth-order valence-electron chi connectivity index (χ4n) is 1.28. The Labute approximate surface area is 92.5 Å². The van der Waals surface area contributed by atoms with E-state index in [1.807, 2.05) is 18.2 Å². The summed E-state index contributed by atoms with van der Waals surface area (Å²) in [6, 6.07) is 5.53. The van der Waals surface area contributed by atoms with Crippen LogP contribution in [0.3, 0.4) is 0 Å². The summed E-state index contributed by atoms with van der Waals surface area (Å²) >= 11 is 0. The zero-order valence-electron chi connectivity index (χ0n) is 8.82. The van der Waals surface area contributed by atoms with Gasteiger partial charge in [0, 0.05) is 0 Å². The number of ether oxygens (including phenoxy) is 1. The molecule has 1 rings (SSSR count). The van der Waals surface area contributed by atoms with E-state index >= 15 is 0 Å². The van der Waals surface area contributed by atoms with Crippen LogP contribution in [0.25, 0.3) is 0 Å². The lowest BCUT2D eigenvalue weighted by atomic mass is 10.1. The first-order valence-corrected chi connectivity index (χ1v) is 5.43. The summed E-state index contributed by atoms with van der Waals surface area (Å²) in [6.45, 7) is 5.88. The molecule has 1 unspecified atom stereocenters. The van der Waals surface area contributed by atoms with Gasteiger partial charge < -0.3 is 4.74 Å². The summed E-state index contributed by atoms with van der Waals surface area (Å²) in [4.78, 5) is 11.4. The smallest absolute Gasteiger partial charge is 0.338 e. The van der Waals surface area contributed by atoms with E-state index in [1.165, 1.54) is 0 Å². The fraction of sp³-hybridized carbons (Fsp3) is 0.250. The number of benzene rings is 1. The predicted molar refractivity (Wildman–Crippen MR) is 65.6 cm³/mol. The molecule has 0 bridgehead atoms. The molecule has 0 aliphatic carbocycles. The van der Waals surface area contributed by atoms with Crippen molar-refractivity contribution < 1.29 is 9.53 Å². The summed E-state index contributed by atoms with van der Waals surface area (Å²) in [6.07, 6.45) is 2.65. The molecule has 80 valence electrons. The normalized spacial score (nSPS) is 9.73. The van der Waals surface area contributed by atoms with Crippen molar-refractivity contribution in [3.8, 4) is 0 Å². The predicted octanol–water partition coefficient (Wildman–Crippen LogP) is 2.09. The second-order valence-corrected chi connectivity index (χ2v) is 3.75. The minimum absolute atomic E-state index is 0.272. The fourth-order valence-corrected chi connectivity index (χ4v) is 1.67. The Bertz CT molecular complexity index is 372. The maximum atomic E-state index is 11.4. The van der Waals surface area contributed by atoms with E-state index in [4.69, 9.17) is 4.74 Å². The van der Waals surface area contributed by atoms with Crippen molar-refractivity contribution >= 4 is 20.5 Å². The SMILES string of the molecule is C=CCc1ccc(C(=O)OCC)cc1P. The molecule has 1 aromatic carbocycles. The Morgan fingerprint density at radius 3 is 2.87 bits per heavy atom. The average molecular weight is 222 g/mol. The number of carbonyl (C=O) groups is 1. The van der Waals surface area contributed by atoms with E-state index < -0.39 is 0 Å². The summed E-state index contributed by atoms with van der Waals surface area (Å²) < 4.78 is 4.91. The van der Waals surface area contributed by atoms with Gasteiger partial charge in [0.15, 0.2) is 0 Å². The molecule has 15 heavy (non-hydrogen) atoms. The Hall–Kier alpha value is -1.14. The lowest BCUT2D eigenvalue weighted by Gasteiger charge is -2.06. The molecular weight excluding hydrogens is 207 g/mol. The third-order valence-electron chi connectivity index (χ3n) is 2.02. The van der Waals surface area contributed by atoms with E-state index in [1.54, 1.807) is 13.0 Å². The first-order valence-electron chi connectivity index (χ1n) is 4.85. The molecule has 0 spiro atoms. The van der Waals surface area contributed by atoms with Crippen LogP contribution in [0.5, 0.6) is 0 Å². The molecule has 0 heterocycles. The molecule has 2 nitrogen and oxygen atoms in total. The van der Waals surface area contributed by atoms with Gasteiger partial charge in [-0.25, -0.2) is 4.79 Å². The third-order valence-corrected chi connectivity index (χ3v) is 2.56. The molecule has 0 saturated carbocycles. The van der Waals surface area contributed by atoms with Gasteiger partial charge in [-0.15, -0.1) is 15.8 Å². The zero-order chi connectivity index (χ0) is 11.3. The Kier molecular flexibility index (Phi) is 4.51. The number of esters is 1. The van der Waals surface area contributed by atoms with Gasteiger partial charge in [-0.05, 0) is 36.3 Å². The standard InChI is InChI=1S/C12H15O2P/c1-3-5-9-6-7-10(8-11(9)15)12(13)14-4-2/h3,6-8H,1,4-5,15H2,2H3. The molecule has 0 radical (unpaired) electrons. The van der Waals surface area contributed by atoms with Crippen LogP contribution in [-0.4, -0.2) is 12.6 Å². The van der Waals surface area contributed by atoms with Crippen molar-refractivity contribution in [1.82, 2.24) is 0 Å². The van der Waals surface area contributed by atoms with Crippen LogP contribution in [0, 0.1) is 0 Å². The second-order valence-electron chi connectivity index (χ2n) is 3.13. The molecule has 0 aliphatic rings. The molecule has 0 saturated heterocycles. The molecular formula is C12H15O2P. The summed E-state index contributed by atoms with van der Waals surface area (Å²) in [5, 5.41) is 1.01. The van der Waals surface area contributed by atoms with Crippen LogP contribution in [0.1, 0.15) is 22.8 Å². The molecule has 0 aliphatic heterocycles. The number of allylic oxidation sites excluding steroid dienone is 1. The van der Waals surface area contributed by atoms with Crippen LogP contribution >= 0.6 is 9.24 Å². The van der Waals surface area contributed by atoms with Crippen LogP contribution in [0.15, 0.2) is 30.9 Å². The van der Waals surface area contributed by atoms with Crippen molar-refractivity contribution in [2.75, 3.05) is 6.61 Å². The zero-order valence-corrected chi connectivity index (χ0v) is 9.98. The molecule has 0 N–H and O–H groups in total. The van der Waals surface area contributed by atoms with Crippen LogP contribution < -0.4 is 5.30 Å². The van der Waals surface area contributed by atoms with Crippen molar-refractivity contribution in [2.24, 2.45) is 0 Å². The first-order chi connectivity index (χ1) is 7.19. The van der Waals surface area contributed by atoms with Crippen molar-refractivity contribution in [1.29, 1.82) is 0 Å². The first kappa shape index (κ1) is 11.9. The molecule has 1 atom stereocenters. The Balaban J connectivity index is 2.90. The highest BCUT2D eigenvalue weighted by Crippen LogP contribution is 2.08. The van der Waals surface area contributed by atoms with Crippen molar-refractivity contribution in [2.45, 2.75) is 13.3 Å². The second kappa shape index (κ2) is 5.67. The Morgan fingerprint density at radius 2 is 2.33 bits per heavy atom. The van der Waals surface area contributed by atoms with E-state index in [9.17, 15) is 4.79 Å². The Morgan fingerprint density at radius 1 is 1.60 bits per heavy atom. The lowest BCUT2D eigenvalue weighted by molar-refractivity contribution is 0.0526. The summed E-state index contributed by atoms with van der Waals surface area (Å²) in [7, 11) is 2.62. The van der Waals surface area contributed by atoms with Gasteiger partial charge in [0.2, 0.25) is 0 Å². The van der Waals surface area contributed by atoms with Gasteiger partial charge in [-0.1, -0.05) is 12.1 Å². The molecule has 0 fully saturated rings. The quantitative estimate of drug-likeness (QED) is 0.443. The van der Waals surface area contributed by atoms with E-state index in [2.05, 4.69) is 15.8 Å². The molecule has 1 aromatic rings. The van der Waals surface area contributed by atoms with Crippen molar-refractivity contribution in [3.05, 3.63) is 42.0 Å². The maximum absolute atomic E-state index is 11.4. The van der Waals surface area contributed by atoms with Crippen molar-refractivity contribution in [3.63, 3.8) is 0 Å². The number of hydrogen-bond acceptors (Lipinski definition) is 2. The van der Waals surface area contributed by atoms with Gasteiger partial charge in [-0.3, -0.25) is 0 Å². The average Bonchev–Trinajstić information content (AvgIpc) is 2.21. The van der Waals surface area contributed by atoms with E-state index in [0.29, 0.717) is 12.2 Å². The van der Waals surface area contributed by atoms with E-state index in [0.717, 1.165) is 17.3 Å². The largest absolute Gasteiger partial charge is 0.462 e. The number of hydrogen-bond donors (Lipinski definition) is 0. The van der Waals surface area contributed by atoms with E-state index in [-0.39, 0.29) is 5.97 Å². The minimum atomic E-state index is -0.272. The van der Waals surface area contributed by atoms with Crippen LogP contribution in [-0.2, 0) is 11.2 Å². The molecule has 0 amide bonds. The molecule has 0 aromatic heterocycles. The summed E-state index contributed by atoms with van der Waals surface area (Å²) in [5.74, 6) is -0.272. The van der Waals surface area contributed by atoms with Gasteiger partial charge in [0.05, 0.1) is 12.2 Å². The number of rotatable bonds is 4. The van der Waals surface area contributed by atoms with Gasteiger partial charge in [-0.2, -0.15) is 0 Å². The summed E-state index contributed by atoms with van der Waals surface area (Å²) in [5.41, 5.74) is 1.75. The maximum Gasteiger partial charge on any atom is 0.338 e. The molecule has 3 heteroatoms. The highest BCUT2D eigenvalue weighted by molar-refractivity contribution is 7.27. The van der Waals surface area contributed by atoms with Gasteiger partial charge in [0.1, 0.15) is 0 Å². The topological polar surface area (TPSA) is 26.3 Å².